The summed E-state index contributed by atoms with van der Waals surface area (Å²) in [7, 11) is 0. The van der Waals surface area contributed by atoms with E-state index < -0.39 is 23.5 Å². The van der Waals surface area contributed by atoms with Crippen LogP contribution in [-0.2, 0) is 4.74 Å². The van der Waals surface area contributed by atoms with Gasteiger partial charge in [0.2, 0.25) is 0 Å². The van der Waals surface area contributed by atoms with Crippen LogP contribution in [0.4, 0.5) is 0 Å². The average Bonchev–Trinajstić information content (AvgIpc) is 2.68. The maximum atomic E-state index is 12.1. The summed E-state index contributed by atoms with van der Waals surface area (Å²) in [4.78, 5) is 34.0. The maximum absolute atomic E-state index is 12.1. The minimum Gasteiger partial charge on any atom is -0.545 e. The number of hydrogen-bond donors (Lipinski definition) is 0. The molecule has 0 aliphatic rings. The van der Waals surface area contributed by atoms with Gasteiger partial charge in [0.1, 0.15) is 0 Å². The first-order chi connectivity index (χ1) is 13.5. The Morgan fingerprint density at radius 3 is 1.76 bits per heavy atom. The van der Waals surface area contributed by atoms with Crippen LogP contribution in [0.2, 0.25) is 0 Å². The van der Waals surface area contributed by atoms with Crippen molar-refractivity contribution >= 4 is 45.2 Å². The number of rotatable bonds is 15. The van der Waals surface area contributed by atoms with E-state index in [4.69, 9.17) is 4.74 Å². The molecule has 0 aromatic heterocycles. The van der Waals surface area contributed by atoms with Crippen molar-refractivity contribution in [3.05, 3.63) is 34.9 Å². The van der Waals surface area contributed by atoms with Gasteiger partial charge in [0.05, 0.1) is 24.1 Å². The van der Waals surface area contributed by atoms with Gasteiger partial charge in [0, 0.05) is 5.56 Å². The molecule has 0 atom stereocenters. The number of aromatic carboxylic acids is 2. The van der Waals surface area contributed by atoms with Crippen LogP contribution in [-0.4, -0.2) is 51.8 Å². The molecule has 0 heterocycles. The van der Waals surface area contributed by atoms with Gasteiger partial charge in [-0.1, -0.05) is 77.2 Å². The van der Waals surface area contributed by atoms with Gasteiger partial charge >= 0.3 is 33.3 Å². The van der Waals surface area contributed by atoms with Gasteiger partial charge in [-0.3, -0.25) is 0 Å². The first-order valence-electron chi connectivity index (χ1n) is 10.2. The van der Waals surface area contributed by atoms with Crippen LogP contribution in [0.3, 0.4) is 0 Å². The van der Waals surface area contributed by atoms with E-state index in [2.05, 4.69) is 6.92 Å². The van der Waals surface area contributed by atoms with Crippen LogP contribution in [0.1, 0.15) is 109 Å². The maximum Gasteiger partial charge on any atom is 2.00 e. The normalized spacial score (nSPS) is 10.2. The van der Waals surface area contributed by atoms with E-state index in [1.807, 2.05) is 0 Å². The fourth-order valence-corrected chi connectivity index (χ4v) is 3.03. The molecule has 29 heavy (non-hydrogen) atoms. The summed E-state index contributed by atoms with van der Waals surface area (Å²) in [6.07, 6.45) is 12.9. The number of carboxylic acid groups (broad SMARTS) is 2. The Kier molecular flexibility index (Phi) is 15.5. The van der Waals surface area contributed by atoms with Crippen LogP contribution < -0.4 is 10.2 Å². The number of ether oxygens (including phenoxy) is 1. The molecule has 0 unspecified atom stereocenters. The molecule has 1 aromatic rings. The number of hydrogen-bond acceptors (Lipinski definition) is 6. The predicted molar refractivity (Wildman–Crippen MR) is 108 cm³/mol. The first kappa shape index (κ1) is 27.6. The van der Waals surface area contributed by atoms with Gasteiger partial charge < -0.3 is 24.5 Å². The monoisotopic (exact) mass is 598 g/mol. The molecule has 0 N–H and O–H groups in total. The minimum absolute atomic E-state index is 0. The van der Waals surface area contributed by atoms with E-state index in [1.165, 1.54) is 51.4 Å². The van der Waals surface area contributed by atoms with Crippen LogP contribution >= 0.6 is 0 Å². The molecule has 0 aliphatic heterocycles. The summed E-state index contributed by atoms with van der Waals surface area (Å²) in [5.74, 6) is -3.95. The van der Waals surface area contributed by atoms with Crippen molar-refractivity contribution in [2.75, 3.05) is 6.61 Å². The molecule has 0 spiro atoms. The molecule has 7 heteroatoms. The molecule has 0 saturated heterocycles. The van der Waals surface area contributed by atoms with E-state index >= 15 is 0 Å². The standard InChI is InChI=1S/C22H32O6.Pb/c1-2-3-4-5-6-7-8-9-10-11-12-15-28-22(27)18-14-13-17(20(23)24)16-19(18)21(25)26;/h13-14,16H,2-12,15H2,1H3,(H,23,24)(H,25,26);/q;+2/p-2. The zero-order valence-corrected chi connectivity index (χ0v) is 21.1. The van der Waals surface area contributed by atoms with E-state index in [0.717, 1.165) is 31.0 Å². The third kappa shape index (κ3) is 11.4. The quantitative estimate of drug-likeness (QED) is 0.175. The molecule has 0 fully saturated rings. The number of carbonyl (C=O) groups excluding carboxylic acids is 3. The average molecular weight is 598 g/mol. The smallest absolute Gasteiger partial charge is 0.545 e. The summed E-state index contributed by atoms with van der Waals surface area (Å²) < 4.78 is 5.11. The Hall–Kier alpha value is -1.45. The van der Waals surface area contributed by atoms with Crippen molar-refractivity contribution in [2.45, 2.75) is 77.6 Å². The topological polar surface area (TPSA) is 107 Å². The van der Waals surface area contributed by atoms with E-state index in [1.54, 1.807) is 0 Å². The van der Waals surface area contributed by atoms with Crippen molar-refractivity contribution in [1.29, 1.82) is 0 Å². The zero-order chi connectivity index (χ0) is 20.8. The molecule has 1 aromatic carbocycles. The van der Waals surface area contributed by atoms with Crippen molar-refractivity contribution in [1.82, 2.24) is 0 Å². The fourth-order valence-electron chi connectivity index (χ4n) is 3.03. The summed E-state index contributed by atoms with van der Waals surface area (Å²) in [6.45, 7) is 2.41. The van der Waals surface area contributed by atoms with Gasteiger partial charge in [-0.2, -0.15) is 0 Å². The molecule has 0 bridgehead atoms. The Bertz CT molecular complexity index is 644. The molecule has 0 aliphatic carbocycles. The van der Waals surface area contributed by atoms with Crippen LogP contribution in [0.15, 0.2) is 18.2 Å². The summed E-state index contributed by atoms with van der Waals surface area (Å²) >= 11 is 0. The molecule has 158 valence electrons. The molecule has 0 amide bonds. The van der Waals surface area contributed by atoms with Crippen molar-refractivity contribution in [3.63, 3.8) is 0 Å². The second-order valence-electron chi connectivity index (χ2n) is 7.01. The zero-order valence-electron chi connectivity index (χ0n) is 17.2. The fraction of sp³-hybridized carbons (Fsp3) is 0.591. The van der Waals surface area contributed by atoms with Crippen molar-refractivity contribution in [3.8, 4) is 0 Å². The molecular formula is C22H30O6Pb. The van der Waals surface area contributed by atoms with Gasteiger partial charge in [-0.15, -0.1) is 0 Å². The van der Waals surface area contributed by atoms with Crippen molar-refractivity contribution < 1.29 is 29.3 Å². The molecule has 0 saturated carbocycles. The third-order valence-corrected chi connectivity index (χ3v) is 4.68. The second kappa shape index (κ2) is 16.4. The molecule has 2 radical (unpaired) electrons. The van der Waals surface area contributed by atoms with Gasteiger partial charge in [-0.25, -0.2) is 4.79 Å². The van der Waals surface area contributed by atoms with Crippen molar-refractivity contribution in [2.24, 2.45) is 0 Å². The van der Waals surface area contributed by atoms with E-state index in [9.17, 15) is 24.6 Å². The second-order valence-corrected chi connectivity index (χ2v) is 7.01. The minimum atomic E-state index is -1.63. The molecule has 6 nitrogen and oxygen atoms in total. The predicted octanol–water partition coefficient (Wildman–Crippen LogP) is 2.50. The molecular weight excluding hydrogens is 567 g/mol. The third-order valence-electron chi connectivity index (χ3n) is 4.68. The first-order valence-corrected chi connectivity index (χ1v) is 10.2. The van der Waals surface area contributed by atoms with Gasteiger partial charge in [0.15, 0.2) is 0 Å². The van der Waals surface area contributed by atoms with Gasteiger partial charge in [-0.05, 0) is 24.1 Å². The van der Waals surface area contributed by atoms with Crippen LogP contribution in [0.25, 0.3) is 0 Å². The molecule has 1 rings (SSSR count). The Morgan fingerprint density at radius 2 is 1.28 bits per heavy atom. The Labute approximate surface area is 193 Å². The van der Waals surface area contributed by atoms with Gasteiger partial charge in [0.25, 0.3) is 0 Å². The number of benzene rings is 1. The number of esters is 1. The number of carbonyl (C=O) groups is 3. The number of carboxylic acids is 2. The summed E-state index contributed by atoms with van der Waals surface area (Å²) in [5, 5.41) is 22.0. The SMILES string of the molecule is CCCCCCCCCCCCCOC(=O)c1ccc(C(=O)[O-])cc1C(=O)[O-].[Pb+2]. The largest absolute Gasteiger partial charge is 2.00 e. The Balaban J connectivity index is 0.00000784. The van der Waals surface area contributed by atoms with E-state index in [0.29, 0.717) is 6.42 Å². The van der Waals surface area contributed by atoms with Crippen LogP contribution in [0.5, 0.6) is 0 Å². The summed E-state index contributed by atoms with van der Waals surface area (Å²) in [5.41, 5.74) is -1.06. The van der Waals surface area contributed by atoms with Crippen LogP contribution in [0, 0.1) is 0 Å². The van der Waals surface area contributed by atoms with E-state index in [-0.39, 0.29) is 45.0 Å². The Morgan fingerprint density at radius 1 is 0.759 bits per heavy atom. The summed E-state index contributed by atoms with van der Waals surface area (Å²) in [6, 6.07) is 3.07. The number of unbranched alkanes of at least 4 members (excludes halogenated alkanes) is 10.